The van der Waals surface area contributed by atoms with Gasteiger partial charge < -0.3 is 25.0 Å². The monoisotopic (exact) mass is 513 g/mol. The van der Waals surface area contributed by atoms with Gasteiger partial charge in [-0.3, -0.25) is 9.59 Å². The number of piperidine rings is 1. The number of carbonyl (C=O) groups excluding carboxylic acids is 2. The fraction of sp³-hybridized carbons (Fsp3) is 0.640. The number of methoxy groups -OCH3 is 1. The molecular formula is C25H34F3N3O5. The third-order valence-corrected chi connectivity index (χ3v) is 8.17. The van der Waals surface area contributed by atoms with E-state index in [9.17, 15) is 22.8 Å². The first-order valence-corrected chi connectivity index (χ1v) is 12.1. The lowest BCUT2D eigenvalue weighted by atomic mass is 9.65. The zero-order chi connectivity index (χ0) is 26.7. The number of carboxylic acid groups (broad SMARTS) is 1. The molecule has 0 radical (unpaired) electrons. The molecule has 3 aliphatic rings. The number of fused-ring (bicyclic) bond motifs is 2. The Morgan fingerprint density at radius 2 is 1.69 bits per heavy atom. The molecule has 2 atom stereocenters. The van der Waals surface area contributed by atoms with Crippen LogP contribution in [-0.4, -0.2) is 85.7 Å². The van der Waals surface area contributed by atoms with Crippen molar-refractivity contribution in [3.05, 3.63) is 29.8 Å². The fourth-order valence-corrected chi connectivity index (χ4v) is 6.19. The topological polar surface area (TPSA) is 99.2 Å². The third-order valence-electron chi connectivity index (χ3n) is 8.17. The molecule has 1 saturated carbocycles. The van der Waals surface area contributed by atoms with Crippen LogP contribution < -0.4 is 10.1 Å². The second-order valence-corrected chi connectivity index (χ2v) is 9.80. The highest BCUT2D eigenvalue weighted by Gasteiger charge is 2.63. The number of hydrogen-bond donors (Lipinski definition) is 2. The molecule has 4 rings (SSSR count). The van der Waals surface area contributed by atoms with Crippen LogP contribution in [0.4, 0.5) is 13.2 Å². The first kappa shape index (κ1) is 27.8. The van der Waals surface area contributed by atoms with Gasteiger partial charge in [-0.05, 0) is 67.8 Å². The Balaban J connectivity index is 0.000000454. The zero-order valence-corrected chi connectivity index (χ0v) is 20.9. The van der Waals surface area contributed by atoms with Crippen LogP contribution in [0.25, 0.3) is 0 Å². The lowest BCUT2D eigenvalue weighted by molar-refractivity contribution is -0.192. The summed E-state index contributed by atoms with van der Waals surface area (Å²) in [4.78, 5) is 39.2. The summed E-state index contributed by atoms with van der Waals surface area (Å²) in [7, 11) is 3.40. The van der Waals surface area contributed by atoms with Crippen LogP contribution in [0.5, 0.6) is 5.75 Å². The van der Waals surface area contributed by atoms with Gasteiger partial charge in [0.15, 0.2) is 0 Å². The highest BCUT2D eigenvalue weighted by Crippen LogP contribution is 2.62. The van der Waals surface area contributed by atoms with Crippen LogP contribution >= 0.6 is 0 Å². The van der Waals surface area contributed by atoms with Crippen molar-refractivity contribution >= 4 is 17.8 Å². The number of carboxylic acids is 1. The Labute approximate surface area is 208 Å². The standard InChI is InChI=1S/C23H33N3O3.C2HF3O2/c1-4-25-15-19-22(9-10-23(19,16-25)21(28)24-2)11-13-26(14-12-22)20(27)17-5-7-18(29-3)8-6-17;3-2(4,5)1(6)7/h5-8,19H,4,9-16H2,1-3H3,(H,24,28);(H,6,7)/t19-,23+;/m0./s1. The van der Waals surface area contributed by atoms with E-state index in [-0.39, 0.29) is 22.6 Å². The van der Waals surface area contributed by atoms with E-state index in [4.69, 9.17) is 14.6 Å². The number of amides is 2. The zero-order valence-electron chi connectivity index (χ0n) is 20.9. The van der Waals surface area contributed by atoms with Gasteiger partial charge in [0, 0.05) is 38.8 Å². The predicted octanol–water partition coefficient (Wildman–Crippen LogP) is 3.03. The summed E-state index contributed by atoms with van der Waals surface area (Å²) < 4.78 is 36.9. The van der Waals surface area contributed by atoms with E-state index in [2.05, 4.69) is 17.1 Å². The number of carbonyl (C=O) groups is 3. The quantitative estimate of drug-likeness (QED) is 0.642. The lowest BCUT2D eigenvalue weighted by Gasteiger charge is -2.44. The van der Waals surface area contributed by atoms with Gasteiger partial charge in [0.05, 0.1) is 12.5 Å². The van der Waals surface area contributed by atoms with Gasteiger partial charge in [-0.2, -0.15) is 13.2 Å². The first-order chi connectivity index (χ1) is 16.9. The number of nitrogens with zero attached hydrogens (tertiary/aromatic N) is 2. The van der Waals surface area contributed by atoms with E-state index >= 15 is 0 Å². The molecule has 2 amide bonds. The Morgan fingerprint density at radius 3 is 2.17 bits per heavy atom. The maximum atomic E-state index is 13.0. The van der Waals surface area contributed by atoms with Crippen molar-refractivity contribution in [2.24, 2.45) is 16.7 Å². The Bertz CT molecular complexity index is 961. The second-order valence-electron chi connectivity index (χ2n) is 9.80. The van der Waals surface area contributed by atoms with Crippen molar-refractivity contribution in [2.45, 2.75) is 38.8 Å². The number of alkyl halides is 3. The van der Waals surface area contributed by atoms with E-state index < -0.39 is 12.1 Å². The van der Waals surface area contributed by atoms with E-state index in [1.54, 1.807) is 14.2 Å². The highest BCUT2D eigenvalue weighted by molar-refractivity contribution is 5.94. The van der Waals surface area contributed by atoms with Gasteiger partial charge in [-0.15, -0.1) is 0 Å². The third kappa shape index (κ3) is 5.30. The van der Waals surface area contributed by atoms with E-state index in [1.165, 1.54) is 0 Å². The van der Waals surface area contributed by atoms with Crippen molar-refractivity contribution in [3.63, 3.8) is 0 Å². The van der Waals surface area contributed by atoms with Crippen molar-refractivity contribution in [2.75, 3.05) is 46.9 Å². The predicted molar refractivity (Wildman–Crippen MR) is 126 cm³/mol. The molecule has 0 bridgehead atoms. The SMILES string of the molecule is CCN1C[C@H]2C3(CCN(C(=O)c4ccc(OC)cc4)CC3)CC[C@@]2(C(=O)NC)C1.O=C(O)C(F)(F)F. The molecule has 1 spiro atoms. The molecule has 2 N–H and O–H groups in total. The second kappa shape index (κ2) is 10.7. The van der Waals surface area contributed by atoms with Gasteiger partial charge in [0.25, 0.3) is 5.91 Å². The molecule has 1 aromatic rings. The largest absolute Gasteiger partial charge is 0.497 e. The molecule has 0 aromatic heterocycles. The number of hydrogen-bond acceptors (Lipinski definition) is 5. The van der Waals surface area contributed by atoms with E-state index in [1.807, 2.05) is 29.2 Å². The van der Waals surface area contributed by atoms with Gasteiger partial charge in [-0.1, -0.05) is 6.92 Å². The molecule has 1 aromatic carbocycles. The minimum atomic E-state index is -5.08. The number of nitrogens with one attached hydrogen (secondary N) is 1. The summed E-state index contributed by atoms with van der Waals surface area (Å²) in [5.74, 6) is -1.29. The summed E-state index contributed by atoms with van der Waals surface area (Å²) in [6.07, 6.45) is -1.01. The van der Waals surface area contributed by atoms with Crippen molar-refractivity contribution in [1.29, 1.82) is 0 Å². The summed E-state index contributed by atoms with van der Waals surface area (Å²) in [6.45, 7) is 6.61. The highest BCUT2D eigenvalue weighted by atomic mass is 19.4. The van der Waals surface area contributed by atoms with Crippen LogP contribution in [0.15, 0.2) is 24.3 Å². The number of rotatable bonds is 4. The normalized spacial score (nSPS) is 25.1. The average molecular weight is 514 g/mol. The van der Waals surface area contributed by atoms with Crippen molar-refractivity contribution in [1.82, 2.24) is 15.1 Å². The van der Waals surface area contributed by atoms with Crippen LogP contribution in [0, 0.1) is 16.7 Å². The van der Waals surface area contributed by atoms with Crippen molar-refractivity contribution in [3.8, 4) is 5.75 Å². The number of likely N-dealkylation sites (tertiary alicyclic amines) is 2. The number of ether oxygens (including phenoxy) is 1. The molecule has 8 nitrogen and oxygen atoms in total. The number of benzene rings is 1. The molecule has 36 heavy (non-hydrogen) atoms. The van der Waals surface area contributed by atoms with Crippen LogP contribution in [0.2, 0.25) is 0 Å². The Morgan fingerprint density at radius 1 is 1.11 bits per heavy atom. The average Bonchev–Trinajstić information content (AvgIpc) is 3.40. The lowest BCUT2D eigenvalue weighted by Crippen LogP contribution is -2.49. The molecular weight excluding hydrogens is 479 g/mol. The molecule has 3 fully saturated rings. The van der Waals surface area contributed by atoms with E-state index in [0.717, 1.165) is 64.2 Å². The molecule has 1 aliphatic carbocycles. The molecule has 0 unspecified atom stereocenters. The van der Waals surface area contributed by atoms with E-state index in [0.29, 0.717) is 11.5 Å². The fourth-order valence-electron chi connectivity index (χ4n) is 6.19. The van der Waals surface area contributed by atoms with Gasteiger partial charge in [0.2, 0.25) is 5.91 Å². The van der Waals surface area contributed by atoms with Gasteiger partial charge in [-0.25, -0.2) is 4.79 Å². The van der Waals surface area contributed by atoms with Crippen molar-refractivity contribution < 1.29 is 37.4 Å². The number of aliphatic carboxylic acids is 1. The van der Waals surface area contributed by atoms with Gasteiger partial charge >= 0.3 is 12.1 Å². The summed E-state index contributed by atoms with van der Waals surface area (Å²) in [5.41, 5.74) is 0.658. The minimum absolute atomic E-state index is 0.0969. The summed E-state index contributed by atoms with van der Waals surface area (Å²) >= 11 is 0. The molecule has 200 valence electrons. The summed E-state index contributed by atoms with van der Waals surface area (Å²) in [6, 6.07) is 7.36. The molecule has 11 heteroatoms. The molecule has 2 saturated heterocycles. The Kier molecular flexibility index (Phi) is 8.22. The molecule has 2 heterocycles. The molecule has 2 aliphatic heterocycles. The first-order valence-electron chi connectivity index (χ1n) is 12.1. The summed E-state index contributed by atoms with van der Waals surface area (Å²) in [5, 5.41) is 10.1. The minimum Gasteiger partial charge on any atom is -0.497 e. The van der Waals surface area contributed by atoms with Crippen LogP contribution in [-0.2, 0) is 9.59 Å². The maximum absolute atomic E-state index is 13.0. The van der Waals surface area contributed by atoms with Crippen LogP contribution in [0.1, 0.15) is 43.0 Å². The maximum Gasteiger partial charge on any atom is 0.490 e. The smallest absolute Gasteiger partial charge is 0.490 e. The van der Waals surface area contributed by atoms with Crippen LogP contribution in [0.3, 0.4) is 0 Å². The number of halogens is 3. The van der Waals surface area contributed by atoms with Gasteiger partial charge in [0.1, 0.15) is 5.75 Å². The Hall–Kier alpha value is -2.82.